The lowest BCUT2D eigenvalue weighted by Gasteiger charge is -2.04. The highest BCUT2D eigenvalue weighted by atomic mass is 35.5. The predicted molar refractivity (Wildman–Crippen MR) is 75.3 cm³/mol. The van der Waals surface area contributed by atoms with E-state index in [0.717, 1.165) is 16.1 Å². The fourth-order valence-corrected chi connectivity index (χ4v) is 2.26. The quantitative estimate of drug-likeness (QED) is 0.928. The summed E-state index contributed by atoms with van der Waals surface area (Å²) in [7, 11) is 0. The second-order valence-electron chi connectivity index (χ2n) is 3.97. The highest BCUT2D eigenvalue weighted by molar-refractivity contribution is 7.13. The number of hydrogen-bond donors (Lipinski definition) is 1. The van der Waals surface area contributed by atoms with Gasteiger partial charge in [-0.15, -0.1) is 11.3 Å². The molecule has 0 radical (unpaired) electrons. The molecule has 0 aliphatic heterocycles. The van der Waals surface area contributed by atoms with Gasteiger partial charge in [0.05, 0.1) is 0 Å². The Morgan fingerprint density at radius 2 is 2.33 bits per heavy atom. The lowest BCUT2D eigenvalue weighted by Crippen LogP contribution is -2.12. The van der Waals surface area contributed by atoms with Gasteiger partial charge in [0, 0.05) is 23.0 Å². The number of carbonyl (C=O) groups excluding carboxylic acids is 1. The fourth-order valence-electron chi connectivity index (χ4n) is 1.52. The van der Waals surface area contributed by atoms with Gasteiger partial charge in [-0.2, -0.15) is 0 Å². The Balaban J connectivity index is 1.87. The lowest BCUT2D eigenvalue weighted by molar-refractivity contribution is -0.116. The Kier molecular flexibility index (Phi) is 4.33. The average Bonchev–Trinajstić information content (AvgIpc) is 2.83. The molecule has 1 amide bonds. The average molecular weight is 281 g/mol. The Morgan fingerprint density at radius 3 is 3.00 bits per heavy atom. The smallest absolute Gasteiger partial charge is 0.226 e. The number of rotatable bonds is 4. The number of aromatic nitrogens is 1. The van der Waals surface area contributed by atoms with Crippen molar-refractivity contribution in [3.63, 3.8) is 0 Å². The van der Waals surface area contributed by atoms with E-state index in [1.165, 1.54) is 11.3 Å². The molecule has 0 fully saturated rings. The number of thiazole rings is 1. The van der Waals surface area contributed by atoms with Crippen LogP contribution < -0.4 is 5.32 Å². The van der Waals surface area contributed by atoms with E-state index in [1.807, 2.05) is 30.5 Å². The van der Waals surface area contributed by atoms with Crippen LogP contribution in [-0.4, -0.2) is 10.9 Å². The van der Waals surface area contributed by atoms with Crippen molar-refractivity contribution in [2.75, 3.05) is 5.32 Å². The highest BCUT2D eigenvalue weighted by Crippen LogP contribution is 2.18. The number of benzene rings is 1. The van der Waals surface area contributed by atoms with Crippen molar-refractivity contribution in [3.8, 4) is 0 Å². The third-order valence-corrected chi connectivity index (χ3v) is 3.65. The Morgan fingerprint density at radius 1 is 1.50 bits per heavy atom. The van der Waals surface area contributed by atoms with E-state index in [2.05, 4.69) is 10.3 Å². The molecule has 0 unspecified atom stereocenters. The largest absolute Gasteiger partial charge is 0.302 e. The number of halogens is 1. The molecule has 1 N–H and O–H groups in total. The van der Waals surface area contributed by atoms with Crippen molar-refractivity contribution in [1.29, 1.82) is 0 Å². The minimum absolute atomic E-state index is 0.0263. The van der Waals surface area contributed by atoms with Gasteiger partial charge in [0.25, 0.3) is 0 Å². The number of nitrogens with one attached hydrogen (secondary N) is 1. The zero-order chi connectivity index (χ0) is 13.0. The van der Waals surface area contributed by atoms with Gasteiger partial charge in [-0.1, -0.05) is 23.7 Å². The summed E-state index contributed by atoms with van der Waals surface area (Å²) in [5.41, 5.74) is 2.12. The number of hydrogen-bond acceptors (Lipinski definition) is 3. The van der Waals surface area contributed by atoms with Crippen molar-refractivity contribution < 1.29 is 4.79 Å². The van der Waals surface area contributed by atoms with E-state index in [9.17, 15) is 4.79 Å². The molecule has 1 heterocycles. The number of carbonyl (C=O) groups is 1. The van der Waals surface area contributed by atoms with Crippen LogP contribution in [0.2, 0.25) is 5.02 Å². The third kappa shape index (κ3) is 3.55. The molecule has 0 atom stereocenters. The van der Waals surface area contributed by atoms with Crippen molar-refractivity contribution in [2.24, 2.45) is 0 Å². The third-order valence-electron chi connectivity index (χ3n) is 2.56. The van der Waals surface area contributed by atoms with Crippen LogP contribution in [0.25, 0.3) is 0 Å². The van der Waals surface area contributed by atoms with E-state index in [0.29, 0.717) is 18.0 Å². The van der Waals surface area contributed by atoms with Gasteiger partial charge in [-0.3, -0.25) is 4.79 Å². The Labute approximate surface area is 115 Å². The van der Waals surface area contributed by atoms with Crippen LogP contribution in [-0.2, 0) is 11.2 Å². The van der Waals surface area contributed by atoms with Crippen LogP contribution >= 0.6 is 22.9 Å². The first-order chi connectivity index (χ1) is 8.65. The van der Waals surface area contributed by atoms with Gasteiger partial charge < -0.3 is 5.32 Å². The first-order valence-corrected chi connectivity index (χ1v) is 6.85. The fraction of sp³-hybridized carbons (Fsp3) is 0.231. The van der Waals surface area contributed by atoms with Gasteiger partial charge in [-0.05, 0) is 30.5 Å². The van der Waals surface area contributed by atoms with Crippen LogP contribution in [0.15, 0.2) is 29.8 Å². The summed E-state index contributed by atoms with van der Waals surface area (Å²) in [5.74, 6) is -0.0263. The Hall–Kier alpha value is -1.39. The molecule has 0 aliphatic rings. The van der Waals surface area contributed by atoms with E-state index >= 15 is 0 Å². The molecule has 94 valence electrons. The van der Waals surface area contributed by atoms with Crippen molar-refractivity contribution in [1.82, 2.24) is 4.98 Å². The summed E-state index contributed by atoms with van der Waals surface area (Å²) in [6, 6.07) is 5.88. The molecule has 0 bridgehead atoms. The van der Waals surface area contributed by atoms with E-state index < -0.39 is 0 Å². The van der Waals surface area contributed by atoms with Crippen molar-refractivity contribution in [3.05, 3.63) is 45.9 Å². The summed E-state index contributed by atoms with van der Waals surface area (Å²) in [4.78, 5) is 15.7. The van der Waals surface area contributed by atoms with Crippen LogP contribution in [0.5, 0.6) is 0 Å². The van der Waals surface area contributed by atoms with Gasteiger partial charge in [0.2, 0.25) is 5.91 Å². The van der Waals surface area contributed by atoms with Crippen LogP contribution in [0, 0.1) is 6.92 Å². The molecule has 1 aromatic heterocycles. The summed E-state index contributed by atoms with van der Waals surface area (Å²) in [6.45, 7) is 1.96. The topological polar surface area (TPSA) is 42.0 Å². The summed E-state index contributed by atoms with van der Waals surface area (Å²) in [5, 5.41) is 5.97. The zero-order valence-corrected chi connectivity index (χ0v) is 11.5. The second-order valence-corrected chi connectivity index (χ2v) is 5.27. The zero-order valence-electron chi connectivity index (χ0n) is 9.94. The summed E-state index contributed by atoms with van der Waals surface area (Å²) in [6.07, 6.45) is 2.77. The standard InChI is InChI=1S/C13H13ClN2OS/c1-9-2-3-10(8-11(9)14)4-5-12(17)16-13-15-6-7-18-13/h2-3,6-8H,4-5H2,1H3,(H,15,16,17). The van der Waals surface area contributed by atoms with E-state index in [1.54, 1.807) is 6.20 Å². The van der Waals surface area contributed by atoms with Crippen molar-refractivity contribution >= 4 is 34.0 Å². The lowest BCUT2D eigenvalue weighted by atomic mass is 10.1. The SMILES string of the molecule is Cc1ccc(CCC(=O)Nc2nccs2)cc1Cl. The molecule has 0 saturated heterocycles. The van der Waals surface area contributed by atoms with Crippen LogP contribution in [0.3, 0.4) is 0 Å². The maximum absolute atomic E-state index is 11.7. The minimum atomic E-state index is -0.0263. The maximum atomic E-state index is 11.7. The second kappa shape index (κ2) is 5.98. The van der Waals surface area contributed by atoms with Crippen LogP contribution in [0.1, 0.15) is 17.5 Å². The molecular weight excluding hydrogens is 268 g/mol. The molecule has 0 saturated carbocycles. The minimum Gasteiger partial charge on any atom is -0.302 e. The molecule has 2 aromatic rings. The number of amides is 1. The van der Waals surface area contributed by atoms with Gasteiger partial charge in [0.15, 0.2) is 5.13 Å². The summed E-state index contributed by atoms with van der Waals surface area (Å²) >= 11 is 7.45. The first kappa shape index (κ1) is 13.1. The molecule has 1 aromatic carbocycles. The molecule has 0 spiro atoms. The predicted octanol–water partition coefficient (Wildman–Crippen LogP) is 3.68. The monoisotopic (exact) mass is 280 g/mol. The molecular formula is C13H13ClN2OS. The van der Waals surface area contributed by atoms with E-state index in [-0.39, 0.29) is 5.91 Å². The molecule has 0 aliphatic carbocycles. The van der Waals surface area contributed by atoms with Gasteiger partial charge in [0.1, 0.15) is 0 Å². The van der Waals surface area contributed by atoms with Crippen LogP contribution in [0.4, 0.5) is 5.13 Å². The normalized spacial score (nSPS) is 10.3. The number of nitrogens with zero attached hydrogens (tertiary/aromatic N) is 1. The highest BCUT2D eigenvalue weighted by Gasteiger charge is 2.05. The van der Waals surface area contributed by atoms with Gasteiger partial charge >= 0.3 is 0 Å². The molecule has 3 nitrogen and oxygen atoms in total. The first-order valence-electron chi connectivity index (χ1n) is 5.59. The number of anilines is 1. The van der Waals surface area contributed by atoms with Gasteiger partial charge in [-0.25, -0.2) is 4.98 Å². The maximum Gasteiger partial charge on any atom is 0.226 e. The van der Waals surface area contributed by atoms with Crippen molar-refractivity contribution in [2.45, 2.75) is 19.8 Å². The Bertz CT molecular complexity index is 540. The molecule has 18 heavy (non-hydrogen) atoms. The number of aryl methyl sites for hydroxylation is 2. The molecule has 5 heteroatoms. The molecule has 2 rings (SSSR count). The summed E-state index contributed by atoms with van der Waals surface area (Å²) < 4.78 is 0. The van der Waals surface area contributed by atoms with E-state index in [4.69, 9.17) is 11.6 Å².